The number of rotatable bonds is 9. The van der Waals surface area contributed by atoms with Crippen LogP contribution in [-0.2, 0) is 0 Å². The third kappa shape index (κ3) is 4.98. The van der Waals surface area contributed by atoms with E-state index < -0.39 is 4.92 Å². The molecule has 1 aromatic carbocycles. The molecule has 0 saturated carbocycles. The molecule has 0 saturated heterocycles. The zero-order valence-corrected chi connectivity index (χ0v) is 12.7. The van der Waals surface area contributed by atoms with Gasteiger partial charge in [0.25, 0.3) is 5.69 Å². The molecule has 5 nitrogen and oxygen atoms in total. The van der Waals surface area contributed by atoms with Gasteiger partial charge in [-0.25, -0.2) is 0 Å². The van der Waals surface area contributed by atoms with E-state index in [1.165, 1.54) is 6.07 Å². The van der Waals surface area contributed by atoms with Gasteiger partial charge in [0.2, 0.25) is 0 Å². The van der Waals surface area contributed by atoms with E-state index in [1.54, 1.807) is 12.1 Å². The summed E-state index contributed by atoms with van der Waals surface area (Å²) in [5, 5.41) is 10.8. The maximum Gasteiger partial charge on any atom is 0.291 e. The average molecular weight is 301 g/mol. The molecule has 0 fully saturated rings. The largest absolute Gasteiger partial charge is 0.490 e. The third-order valence-corrected chi connectivity index (χ3v) is 3.26. The average Bonchev–Trinajstić information content (AvgIpc) is 2.41. The van der Waals surface area contributed by atoms with Crippen LogP contribution in [0.1, 0.15) is 26.7 Å². The first kappa shape index (κ1) is 16.7. The van der Waals surface area contributed by atoms with Gasteiger partial charge in [-0.3, -0.25) is 15.0 Å². The van der Waals surface area contributed by atoms with Crippen LogP contribution >= 0.6 is 11.6 Å². The van der Waals surface area contributed by atoms with Gasteiger partial charge in [0, 0.05) is 12.6 Å². The molecule has 20 heavy (non-hydrogen) atoms. The lowest BCUT2D eigenvalue weighted by Crippen LogP contribution is -2.30. The van der Waals surface area contributed by atoms with Crippen LogP contribution in [0.4, 0.5) is 5.69 Å². The molecule has 6 heteroatoms. The molecule has 1 rings (SSSR count). The molecule has 0 amide bonds. The van der Waals surface area contributed by atoms with Crippen LogP contribution in [0.5, 0.6) is 5.75 Å². The number of halogens is 1. The maximum absolute atomic E-state index is 10.8. The highest BCUT2D eigenvalue weighted by Gasteiger charge is 2.16. The molecule has 0 spiro atoms. The highest BCUT2D eigenvalue weighted by atomic mass is 35.5. The minimum Gasteiger partial charge on any atom is -0.490 e. The first-order chi connectivity index (χ1) is 9.60. The predicted molar refractivity (Wildman–Crippen MR) is 80.6 cm³/mol. The highest BCUT2D eigenvalue weighted by Crippen LogP contribution is 2.33. The molecule has 0 aliphatic heterocycles. The molecular formula is C14H21ClN2O3. The molecule has 0 unspecified atom stereocenters. The zero-order valence-electron chi connectivity index (χ0n) is 12.0. The number of nitrogens with zero attached hydrogens (tertiary/aromatic N) is 2. The van der Waals surface area contributed by atoms with Crippen LogP contribution in [0.2, 0.25) is 5.02 Å². The van der Waals surface area contributed by atoms with E-state index in [9.17, 15) is 10.1 Å². The van der Waals surface area contributed by atoms with Crippen molar-refractivity contribution in [2.24, 2.45) is 0 Å². The monoisotopic (exact) mass is 300 g/mol. The van der Waals surface area contributed by atoms with E-state index >= 15 is 0 Å². The van der Waals surface area contributed by atoms with Gasteiger partial charge in [0.05, 0.1) is 4.92 Å². The fourth-order valence-corrected chi connectivity index (χ4v) is 2.25. The predicted octanol–water partition coefficient (Wildman–Crippen LogP) is 3.75. The van der Waals surface area contributed by atoms with Crippen molar-refractivity contribution in [2.75, 3.05) is 26.2 Å². The fourth-order valence-electron chi connectivity index (χ4n) is 2.00. The zero-order chi connectivity index (χ0) is 15.0. The van der Waals surface area contributed by atoms with E-state index in [0.29, 0.717) is 12.4 Å². The van der Waals surface area contributed by atoms with Crippen molar-refractivity contribution in [1.82, 2.24) is 4.90 Å². The Morgan fingerprint density at radius 1 is 1.25 bits per heavy atom. The van der Waals surface area contributed by atoms with E-state index in [0.717, 1.165) is 32.5 Å². The van der Waals surface area contributed by atoms with Gasteiger partial charge in [0.1, 0.15) is 12.4 Å². The van der Waals surface area contributed by atoms with E-state index in [4.69, 9.17) is 16.3 Å². The van der Waals surface area contributed by atoms with Crippen LogP contribution < -0.4 is 4.74 Å². The Morgan fingerprint density at radius 3 is 2.45 bits per heavy atom. The second-order valence-corrected chi connectivity index (χ2v) is 4.91. The normalized spacial score (nSPS) is 10.8. The summed E-state index contributed by atoms with van der Waals surface area (Å²) in [4.78, 5) is 12.6. The molecule has 0 N–H and O–H groups in total. The van der Waals surface area contributed by atoms with Crippen LogP contribution in [0, 0.1) is 10.1 Å². The molecule has 0 aliphatic rings. The first-order valence-electron chi connectivity index (χ1n) is 6.88. The maximum atomic E-state index is 10.8. The summed E-state index contributed by atoms with van der Waals surface area (Å²) < 4.78 is 5.57. The van der Waals surface area contributed by atoms with Crippen LogP contribution in [0.15, 0.2) is 18.2 Å². The quantitative estimate of drug-likeness (QED) is 0.515. The summed E-state index contributed by atoms with van der Waals surface area (Å²) in [5.74, 6) is 0.369. The standard InChI is InChI=1S/C14H21ClN2O3/c1-3-8-16(9-4-2)10-11-20-13-7-5-6-12(14(13)15)17(18)19/h5-7H,3-4,8-11H2,1-2H3. The first-order valence-corrected chi connectivity index (χ1v) is 7.26. The van der Waals surface area contributed by atoms with Crippen molar-refractivity contribution in [2.45, 2.75) is 26.7 Å². The Morgan fingerprint density at radius 2 is 1.90 bits per heavy atom. The fraction of sp³-hybridized carbons (Fsp3) is 0.571. The van der Waals surface area contributed by atoms with Crippen molar-refractivity contribution in [3.63, 3.8) is 0 Å². The Balaban J connectivity index is 2.57. The van der Waals surface area contributed by atoms with Crippen LogP contribution in [0.3, 0.4) is 0 Å². The minimum absolute atomic E-state index is 0.0648. The summed E-state index contributed by atoms with van der Waals surface area (Å²) in [6.45, 7) is 7.60. The number of hydrogen-bond acceptors (Lipinski definition) is 4. The van der Waals surface area contributed by atoms with Gasteiger partial charge in [-0.15, -0.1) is 0 Å². The number of nitro groups is 1. The van der Waals surface area contributed by atoms with Crippen molar-refractivity contribution >= 4 is 17.3 Å². The lowest BCUT2D eigenvalue weighted by atomic mass is 10.3. The number of hydrogen-bond donors (Lipinski definition) is 0. The molecular weight excluding hydrogens is 280 g/mol. The van der Waals surface area contributed by atoms with Crippen molar-refractivity contribution in [3.8, 4) is 5.75 Å². The van der Waals surface area contributed by atoms with Gasteiger partial charge < -0.3 is 4.74 Å². The molecule has 0 aromatic heterocycles. The summed E-state index contributed by atoms with van der Waals surface area (Å²) in [7, 11) is 0. The van der Waals surface area contributed by atoms with Gasteiger partial charge >= 0.3 is 0 Å². The lowest BCUT2D eigenvalue weighted by molar-refractivity contribution is -0.384. The van der Waals surface area contributed by atoms with Gasteiger partial charge in [0.15, 0.2) is 5.02 Å². The lowest BCUT2D eigenvalue weighted by Gasteiger charge is -2.21. The number of ether oxygens (including phenoxy) is 1. The summed E-state index contributed by atoms with van der Waals surface area (Å²) >= 11 is 5.96. The summed E-state index contributed by atoms with van der Waals surface area (Å²) in [6, 6.07) is 4.60. The van der Waals surface area contributed by atoms with Crippen molar-refractivity contribution in [3.05, 3.63) is 33.3 Å². The van der Waals surface area contributed by atoms with Crippen molar-refractivity contribution < 1.29 is 9.66 Å². The van der Waals surface area contributed by atoms with Gasteiger partial charge in [-0.2, -0.15) is 0 Å². The molecule has 0 bridgehead atoms. The Kier molecular flexibility index (Phi) is 7.33. The molecule has 1 aromatic rings. The Bertz CT molecular complexity index is 434. The number of nitro benzene ring substituents is 1. The van der Waals surface area contributed by atoms with E-state index in [2.05, 4.69) is 18.7 Å². The van der Waals surface area contributed by atoms with Crippen LogP contribution in [-0.4, -0.2) is 36.1 Å². The smallest absolute Gasteiger partial charge is 0.291 e. The molecule has 0 aliphatic carbocycles. The second-order valence-electron chi connectivity index (χ2n) is 4.54. The molecule has 0 atom stereocenters. The molecule has 0 radical (unpaired) electrons. The van der Waals surface area contributed by atoms with Crippen LogP contribution in [0.25, 0.3) is 0 Å². The van der Waals surface area contributed by atoms with E-state index in [-0.39, 0.29) is 10.7 Å². The highest BCUT2D eigenvalue weighted by molar-refractivity contribution is 6.34. The summed E-state index contributed by atoms with van der Waals surface area (Å²) in [6.07, 6.45) is 2.19. The third-order valence-electron chi connectivity index (χ3n) is 2.88. The van der Waals surface area contributed by atoms with Gasteiger partial charge in [-0.1, -0.05) is 31.5 Å². The van der Waals surface area contributed by atoms with E-state index in [1.807, 2.05) is 0 Å². The second kappa shape index (κ2) is 8.76. The molecule has 0 heterocycles. The Labute approximate surface area is 124 Å². The van der Waals surface area contributed by atoms with Crippen molar-refractivity contribution in [1.29, 1.82) is 0 Å². The Hall–Kier alpha value is -1.33. The molecule has 112 valence electrons. The minimum atomic E-state index is -0.504. The SMILES string of the molecule is CCCN(CCC)CCOc1cccc([N+](=O)[O-])c1Cl. The summed E-state index contributed by atoms with van der Waals surface area (Å²) in [5.41, 5.74) is -0.122. The van der Waals surface area contributed by atoms with Gasteiger partial charge in [-0.05, 0) is 32.0 Å². The topological polar surface area (TPSA) is 55.6 Å². The number of benzene rings is 1.